The van der Waals surface area contributed by atoms with Gasteiger partial charge in [-0.2, -0.15) is 0 Å². The van der Waals surface area contributed by atoms with E-state index >= 15 is 0 Å². The lowest BCUT2D eigenvalue weighted by Gasteiger charge is -2.07. The maximum atomic E-state index is 12.5. The Morgan fingerprint density at radius 2 is 1.89 bits per heavy atom. The Morgan fingerprint density at radius 3 is 2.63 bits per heavy atom. The quantitative estimate of drug-likeness (QED) is 0.655. The number of benzene rings is 2. The molecule has 0 amide bonds. The van der Waals surface area contributed by atoms with Crippen LogP contribution in [-0.4, -0.2) is 16.1 Å². The second-order valence-electron chi connectivity index (χ2n) is 4.48. The largest absolute Gasteiger partial charge is 0.478 e. The number of para-hydroxylation sites is 1. The number of carboxylic acids is 1. The van der Waals surface area contributed by atoms with Crippen LogP contribution in [0.25, 0.3) is 21.8 Å². The van der Waals surface area contributed by atoms with Crippen molar-refractivity contribution in [3.8, 4) is 0 Å². The smallest absolute Gasteiger partial charge is 0.337 e. The third-order valence-electron chi connectivity index (χ3n) is 3.30. The van der Waals surface area contributed by atoms with E-state index in [0.29, 0.717) is 21.8 Å². The highest BCUT2D eigenvalue weighted by Gasteiger charge is 2.13. The van der Waals surface area contributed by atoms with E-state index in [2.05, 4.69) is 4.98 Å². The van der Waals surface area contributed by atoms with E-state index in [9.17, 15) is 14.7 Å². The summed E-state index contributed by atoms with van der Waals surface area (Å²) in [5.41, 5.74) is 1.88. The van der Waals surface area contributed by atoms with Gasteiger partial charge in [0.25, 0.3) is 0 Å². The van der Waals surface area contributed by atoms with Crippen molar-refractivity contribution in [3.63, 3.8) is 0 Å². The fourth-order valence-corrected chi connectivity index (χ4v) is 2.40. The first-order valence-electron chi connectivity index (χ1n) is 5.87. The fourth-order valence-electron chi connectivity index (χ4n) is 2.40. The van der Waals surface area contributed by atoms with Gasteiger partial charge in [-0.15, -0.1) is 0 Å². The van der Waals surface area contributed by atoms with Crippen LogP contribution in [0, 0.1) is 6.92 Å². The number of hydrogen-bond acceptors (Lipinski definition) is 2. The first-order valence-corrected chi connectivity index (χ1v) is 5.87. The molecule has 3 aromatic rings. The lowest BCUT2D eigenvalue weighted by Crippen LogP contribution is -2.09. The molecular formula is C15H11NO3. The number of hydrogen-bond donors (Lipinski definition) is 2. The number of carbonyl (C=O) groups is 1. The van der Waals surface area contributed by atoms with Gasteiger partial charge in [0.05, 0.1) is 16.6 Å². The van der Waals surface area contributed by atoms with Crippen LogP contribution in [0.3, 0.4) is 0 Å². The summed E-state index contributed by atoms with van der Waals surface area (Å²) in [6, 6.07) is 10.2. The molecule has 1 heterocycles. The van der Waals surface area contributed by atoms with Gasteiger partial charge in [0.1, 0.15) is 0 Å². The normalized spacial score (nSPS) is 11.0. The van der Waals surface area contributed by atoms with Crippen molar-refractivity contribution in [1.82, 2.24) is 4.98 Å². The summed E-state index contributed by atoms with van der Waals surface area (Å²) in [5, 5.41) is 10.2. The molecule has 4 nitrogen and oxygen atoms in total. The molecule has 0 radical (unpaired) electrons. The van der Waals surface area contributed by atoms with Crippen LogP contribution in [0.4, 0.5) is 0 Å². The van der Waals surface area contributed by atoms with Crippen LogP contribution in [0.2, 0.25) is 0 Å². The van der Waals surface area contributed by atoms with E-state index in [-0.39, 0.29) is 11.0 Å². The van der Waals surface area contributed by atoms with Gasteiger partial charge in [0.2, 0.25) is 0 Å². The van der Waals surface area contributed by atoms with E-state index in [0.717, 1.165) is 5.56 Å². The summed E-state index contributed by atoms with van der Waals surface area (Å²) < 4.78 is 0. The van der Waals surface area contributed by atoms with Crippen LogP contribution in [0.1, 0.15) is 15.9 Å². The number of aryl methyl sites for hydroxylation is 1. The predicted octanol–water partition coefficient (Wildman–Crippen LogP) is 2.69. The van der Waals surface area contributed by atoms with Crippen molar-refractivity contribution in [2.24, 2.45) is 0 Å². The molecule has 0 fully saturated rings. The highest BCUT2D eigenvalue weighted by atomic mass is 16.4. The van der Waals surface area contributed by atoms with Crippen LogP contribution < -0.4 is 5.43 Å². The molecule has 0 aliphatic carbocycles. The van der Waals surface area contributed by atoms with Crippen LogP contribution in [0.5, 0.6) is 0 Å². The number of pyridine rings is 1. The van der Waals surface area contributed by atoms with Gasteiger partial charge in [0.15, 0.2) is 5.43 Å². The average Bonchev–Trinajstić information content (AvgIpc) is 2.38. The number of rotatable bonds is 1. The zero-order valence-electron chi connectivity index (χ0n) is 10.2. The minimum atomic E-state index is -1.05. The molecule has 0 unspecified atom stereocenters. The Hall–Kier alpha value is -2.62. The number of H-pyrrole nitrogens is 1. The third-order valence-corrected chi connectivity index (χ3v) is 3.30. The van der Waals surface area contributed by atoms with Gasteiger partial charge in [0, 0.05) is 10.8 Å². The molecule has 0 saturated heterocycles. The molecule has 0 spiro atoms. The van der Waals surface area contributed by atoms with Gasteiger partial charge >= 0.3 is 5.97 Å². The van der Waals surface area contributed by atoms with E-state index in [1.54, 1.807) is 18.2 Å². The minimum absolute atomic E-state index is 0.109. The van der Waals surface area contributed by atoms with Crippen molar-refractivity contribution >= 4 is 27.8 Å². The molecular weight excluding hydrogens is 242 g/mol. The Bertz CT molecular complexity index is 878. The SMILES string of the molecule is Cc1cccc2[nH]c3c(C(=O)O)cccc3c(=O)c12. The number of carboxylic acid groups (broad SMARTS) is 1. The summed E-state index contributed by atoms with van der Waals surface area (Å²) in [7, 11) is 0. The summed E-state index contributed by atoms with van der Waals surface area (Å²) >= 11 is 0. The first kappa shape index (κ1) is 11.5. The molecule has 0 aliphatic heterocycles. The zero-order valence-corrected chi connectivity index (χ0v) is 10.2. The Labute approximate surface area is 108 Å². The van der Waals surface area contributed by atoms with Crippen molar-refractivity contribution in [3.05, 3.63) is 57.7 Å². The standard InChI is InChI=1S/C15H11NO3/c1-8-4-2-7-11-12(8)14(17)9-5-3-6-10(15(18)19)13(9)16-11/h2-7H,1H3,(H,16,17)(H,18,19). The number of aromatic carboxylic acids is 1. The van der Waals surface area contributed by atoms with Crippen molar-refractivity contribution in [2.45, 2.75) is 6.92 Å². The molecule has 4 heteroatoms. The molecule has 2 N–H and O–H groups in total. The van der Waals surface area contributed by atoms with E-state index in [1.807, 2.05) is 19.1 Å². The lowest BCUT2D eigenvalue weighted by molar-refractivity contribution is 0.0699. The van der Waals surface area contributed by atoms with Gasteiger partial charge in [-0.05, 0) is 30.7 Å². The molecule has 19 heavy (non-hydrogen) atoms. The molecule has 0 saturated carbocycles. The number of aromatic amines is 1. The van der Waals surface area contributed by atoms with E-state index in [4.69, 9.17) is 0 Å². The van der Waals surface area contributed by atoms with Gasteiger partial charge in [-0.1, -0.05) is 18.2 Å². The third kappa shape index (κ3) is 1.61. The second-order valence-corrected chi connectivity index (χ2v) is 4.48. The summed E-state index contributed by atoms with van der Waals surface area (Å²) in [6.45, 7) is 1.87. The summed E-state index contributed by atoms with van der Waals surface area (Å²) in [5.74, 6) is -1.05. The molecule has 2 aromatic carbocycles. The zero-order chi connectivity index (χ0) is 13.6. The Kier molecular flexibility index (Phi) is 2.38. The molecule has 1 aromatic heterocycles. The Morgan fingerprint density at radius 1 is 1.16 bits per heavy atom. The highest BCUT2D eigenvalue weighted by molar-refractivity contribution is 6.05. The Balaban J connectivity index is 2.62. The molecule has 0 atom stereocenters. The maximum Gasteiger partial charge on any atom is 0.337 e. The van der Waals surface area contributed by atoms with E-state index in [1.165, 1.54) is 6.07 Å². The monoisotopic (exact) mass is 253 g/mol. The number of fused-ring (bicyclic) bond motifs is 2. The van der Waals surface area contributed by atoms with Crippen LogP contribution >= 0.6 is 0 Å². The molecule has 0 aliphatic rings. The lowest BCUT2D eigenvalue weighted by atomic mass is 10.0. The van der Waals surface area contributed by atoms with Gasteiger partial charge in [-0.3, -0.25) is 4.79 Å². The van der Waals surface area contributed by atoms with Gasteiger partial charge in [-0.25, -0.2) is 4.79 Å². The van der Waals surface area contributed by atoms with Crippen molar-refractivity contribution < 1.29 is 9.90 Å². The highest BCUT2D eigenvalue weighted by Crippen LogP contribution is 2.20. The molecule has 0 bridgehead atoms. The maximum absolute atomic E-state index is 12.5. The first-order chi connectivity index (χ1) is 9.09. The van der Waals surface area contributed by atoms with Gasteiger partial charge < -0.3 is 10.1 Å². The summed E-state index contributed by atoms with van der Waals surface area (Å²) in [6.07, 6.45) is 0. The van der Waals surface area contributed by atoms with Crippen LogP contribution in [0.15, 0.2) is 41.2 Å². The van der Waals surface area contributed by atoms with Crippen LogP contribution in [-0.2, 0) is 0 Å². The number of nitrogens with one attached hydrogen (secondary N) is 1. The van der Waals surface area contributed by atoms with Crippen molar-refractivity contribution in [1.29, 1.82) is 0 Å². The molecule has 3 rings (SSSR count). The molecule has 94 valence electrons. The van der Waals surface area contributed by atoms with Crippen molar-refractivity contribution in [2.75, 3.05) is 0 Å². The predicted molar refractivity (Wildman–Crippen MR) is 73.8 cm³/mol. The summed E-state index contributed by atoms with van der Waals surface area (Å²) in [4.78, 5) is 26.7. The second kappa shape index (κ2) is 3.95. The topological polar surface area (TPSA) is 70.2 Å². The fraction of sp³-hybridized carbons (Fsp3) is 0.0667. The average molecular weight is 253 g/mol. The number of aromatic nitrogens is 1. The minimum Gasteiger partial charge on any atom is -0.478 e. The van der Waals surface area contributed by atoms with E-state index < -0.39 is 5.97 Å².